The first-order valence-electron chi connectivity index (χ1n) is 6.03. The largest absolute Gasteiger partial charge is 0.497 e. The Bertz CT molecular complexity index is 761. The fraction of sp³-hybridized carbons (Fsp3) is 0.154. The van der Waals surface area contributed by atoms with Gasteiger partial charge in [0.2, 0.25) is 5.91 Å². The molecule has 1 heterocycles. The fourth-order valence-corrected chi connectivity index (χ4v) is 1.67. The van der Waals surface area contributed by atoms with Gasteiger partial charge in [-0.05, 0) is 24.3 Å². The first kappa shape index (κ1) is 14.4. The Morgan fingerprint density at radius 1 is 1.33 bits per heavy atom. The minimum atomic E-state index is -0.695. The number of ether oxygens (including phenoxy) is 1. The van der Waals surface area contributed by atoms with Crippen molar-refractivity contribution in [2.24, 2.45) is 0 Å². The van der Waals surface area contributed by atoms with Gasteiger partial charge in [-0.25, -0.2) is 4.79 Å². The molecule has 0 saturated heterocycles. The predicted octanol–water partition coefficient (Wildman–Crippen LogP) is -0.234. The normalized spacial score (nSPS) is 10.1. The van der Waals surface area contributed by atoms with Gasteiger partial charge in [-0.2, -0.15) is 0 Å². The minimum Gasteiger partial charge on any atom is -0.497 e. The Kier molecular flexibility index (Phi) is 4.07. The average Bonchev–Trinajstić information content (AvgIpc) is 2.45. The molecule has 1 amide bonds. The van der Waals surface area contributed by atoms with Gasteiger partial charge < -0.3 is 15.8 Å². The third-order valence-corrected chi connectivity index (χ3v) is 2.73. The molecule has 1 aromatic heterocycles. The second-order valence-corrected chi connectivity index (χ2v) is 4.25. The molecule has 0 spiro atoms. The van der Waals surface area contributed by atoms with Crippen LogP contribution >= 0.6 is 0 Å². The molecule has 8 heteroatoms. The number of aromatic amines is 1. The molecule has 2 rings (SSSR count). The maximum Gasteiger partial charge on any atom is 0.328 e. The number of nitrogens with zero attached hydrogens (tertiary/aromatic N) is 1. The highest BCUT2D eigenvalue weighted by Crippen LogP contribution is 2.14. The maximum absolute atomic E-state index is 11.8. The van der Waals surface area contributed by atoms with Crippen LogP contribution in [0.2, 0.25) is 0 Å². The summed E-state index contributed by atoms with van der Waals surface area (Å²) < 4.78 is 6.03. The van der Waals surface area contributed by atoms with Gasteiger partial charge in [0, 0.05) is 11.9 Å². The second-order valence-electron chi connectivity index (χ2n) is 4.25. The lowest BCUT2D eigenvalue weighted by atomic mass is 10.3. The third-order valence-electron chi connectivity index (χ3n) is 2.73. The molecule has 1 aromatic carbocycles. The molecule has 21 heavy (non-hydrogen) atoms. The number of nitrogens with two attached hydrogens (primary N) is 1. The summed E-state index contributed by atoms with van der Waals surface area (Å²) in [7, 11) is 1.54. The highest BCUT2D eigenvalue weighted by atomic mass is 16.5. The van der Waals surface area contributed by atoms with Crippen molar-refractivity contribution in [2.45, 2.75) is 6.54 Å². The Hall–Kier alpha value is -3.03. The molecule has 0 unspecified atom stereocenters. The van der Waals surface area contributed by atoms with Gasteiger partial charge in [0.25, 0.3) is 5.56 Å². The van der Waals surface area contributed by atoms with Gasteiger partial charge in [-0.15, -0.1) is 0 Å². The maximum atomic E-state index is 11.8. The third kappa shape index (κ3) is 3.50. The van der Waals surface area contributed by atoms with Crippen LogP contribution in [-0.2, 0) is 11.3 Å². The number of carbonyl (C=O) groups is 1. The van der Waals surface area contributed by atoms with Crippen molar-refractivity contribution in [3.63, 3.8) is 0 Å². The number of methoxy groups -OCH3 is 1. The van der Waals surface area contributed by atoms with Crippen LogP contribution < -0.4 is 27.0 Å². The van der Waals surface area contributed by atoms with Crippen LogP contribution in [-0.4, -0.2) is 22.6 Å². The number of hydrogen-bond donors (Lipinski definition) is 3. The van der Waals surface area contributed by atoms with Crippen LogP contribution in [0, 0.1) is 0 Å². The van der Waals surface area contributed by atoms with Gasteiger partial charge in [0.05, 0.1) is 7.11 Å². The molecule has 2 aromatic rings. The standard InChI is InChI=1S/C13H14N4O4/c1-21-9-4-2-8(3-5-9)15-11(18)7-17-6-10(14)12(19)16-13(17)20/h2-6H,7,14H2,1H3,(H,15,18)(H,16,19,20). The van der Waals surface area contributed by atoms with E-state index in [1.165, 1.54) is 0 Å². The van der Waals surface area contributed by atoms with Crippen LogP contribution in [0.1, 0.15) is 0 Å². The first-order chi connectivity index (χ1) is 9.99. The van der Waals surface area contributed by atoms with Crippen molar-refractivity contribution in [2.75, 3.05) is 18.2 Å². The van der Waals surface area contributed by atoms with Gasteiger partial charge in [0.1, 0.15) is 18.0 Å². The average molecular weight is 290 g/mol. The van der Waals surface area contributed by atoms with E-state index in [9.17, 15) is 14.4 Å². The van der Waals surface area contributed by atoms with Crippen molar-refractivity contribution >= 4 is 17.3 Å². The SMILES string of the molecule is COc1ccc(NC(=O)Cn2cc(N)c(=O)[nH]c2=O)cc1. The number of nitrogen functional groups attached to an aromatic ring is 1. The zero-order chi connectivity index (χ0) is 15.4. The summed E-state index contributed by atoms with van der Waals surface area (Å²) in [6, 6.07) is 6.72. The number of rotatable bonds is 4. The number of amides is 1. The van der Waals surface area contributed by atoms with E-state index in [2.05, 4.69) is 5.32 Å². The fourth-order valence-electron chi connectivity index (χ4n) is 1.67. The highest BCUT2D eigenvalue weighted by Gasteiger charge is 2.07. The van der Waals surface area contributed by atoms with E-state index in [4.69, 9.17) is 10.5 Å². The zero-order valence-corrected chi connectivity index (χ0v) is 11.3. The van der Waals surface area contributed by atoms with Crippen LogP contribution in [0.15, 0.2) is 40.1 Å². The molecule has 0 radical (unpaired) electrons. The van der Waals surface area contributed by atoms with Crippen molar-refractivity contribution in [3.8, 4) is 5.75 Å². The monoisotopic (exact) mass is 290 g/mol. The number of benzene rings is 1. The number of H-pyrrole nitrogens is 1. The van der Waals surface area contributed by atoms with Gasteiger partial charge in [-0.3, -0.25) is 19.1 Å². The molecule has 4 N–H and O–H groups in total. The molecule has 110 valence electrons. The van der Waals surface area contributed by atoms with E-state index < -0.39 is 17.2 Å². The van der Waals surface area contributed by atoms with E-state index in [0.717, 1.165) is 10.8 Å². The summed E-state index contributed by atoms with van der Waals surface area (Å²) in [5.41, 5.74) is 4.46. The van der Waals surface area contributed by atoms with Crippen LogP contribution in [0.5, 0.6) is 5.75 Å². The Labute approximate surface area is 119 Å². The first-order valence-corrected chi connectivity index (χ1v) is 6.03. The lowest BCUT2D eigenvalue weighted by molar-refractivity contribution is -0.116. The van der Waals surface area contributed by atoms with Crippen LogP contribution in [0.3, 0.4) is 0 Å². The summed E-state index contributed by atoms with van der Waals surface area (Å²) in [6.45, 7) is -0.258. The molecule has 0 bridgehead atoms. The smallest absolute Gasteiger partial charge is 0.328 e. The summed E-state index contributed by atoms with van der Waals surface area (Å²) in [4.78, 5) is 36.5. The van der Waals surface area contributed by atoms with Crippen LogP contribution in [0.4, 0.5) is 11.4 Å². The number of aromatic nitrogens is 2. The quantitative estimate of drug-likeness (QED) is 0.718. The Morgan fingerprint density at radius 2 is 2.00 bits per heavy atom. The van der Waals surface area contributed by atoms with Gasteiger partial charge >= 0.3 is 5.69 Å². The van der Waals surface area contributed by atoms with E-state index in [0.29, 0.717) is 11.4 Å². The molecule has 0 atom stereocenters. The van der Waals surface area contributed by atoms with E-state index in [-0.39, 0.29) is 12.2 Å². The number of hydrogen-bond acceptors (Lipinski definition) is 5. The Morgan fingerprint density at radius 3 is 2.62 bits per heavy atom. The Balaban J connectivity index is 2.09. The molecule has 0 fully saturated rings. The minimum absolute atomic E-state index is 0.133. The molecular weight excluding hydrogens is 276 g/mol. The van der Waals surface area contributed by atoms with Crippen molar-refractivity contribution < 1.29 is 9.53 Å². The number of carbonyl (C=O) groups excluding carboxylic acids is 1. The van der Waals surface area contributed by atoms with Crippen molar-refractivity contribution in [1.82, 2.24) is 9.55 Å². The topological polar surface area (TPSA) is 119 Å². The molecular formula is C13H14N4O4. The number of nitrogens with one attached hydrogen (secondary N) is 2. The second kappa shape index (κ2) is 5.95. The molecule has 8 nitrogen and oxygen atoms in total. The highest BCUT2D eigenvalue weighted by molar-refractivity contribution is 5.90. The van der Waals surface area contributed by atoms with Crippen LogP contribution in [0.25, 0.3) is 0 Å². The zero-order valence-electron chi connectivity index (χ0n) is 11.3. The summed E-state index contributed by atoms with van der Waals surface area (Å²) in [5, 5.41) is 2.62. The van der Waals surface area contributed by atoms with Crippen molar-refractivity contribution in [1.29, 1.82) is 0 Å². The lowest BCUT2D eigenvalue weighted by Crippen LogP contribution is -2.34. The van der Waals surface area contributed by atoms with E-state index in [1.54, 1.807) is 31.4 Å². The molecule has 0 aliphatic rings. The van der Waals surface area contributed by atoms with Gasteiger partial charge in [-0.1, -0.05) is 0 Å². The van der Waals surface area contributed by atoms with Crippen molar-refractivity contribution in [3.05, 3.63) is 51.3 Å². The van der Waals surface area contributed by atoms with E-state index in [1.807, 2.05) is 4.98 Å². The number of anilines is 2. The molecule has 0 aliphatic carbocycles. The molecule has 0 aliphatic heterocycles. The summed E-state index contributed by atoms with van der Waals surface area (Å²) in [5.74, 6) is 0.242. The van der Waals surface area contributed by atoms with E-state index >= 15 is 0 Å². The summed E-state index contributed by atoms with van der Waals surface area (Å²) >= 11 is 0. The molecule has 0 saturated carbocycles. The summed E-state index contributed by atoms with van der Waals surface area (Å²) in [6.07, 6.45) is 1.13. The lowest BCUT2D eigenvalue weighted by Gasteiger charge is -2.08. The predicted molar refractivity (Wildman–Crippen MR) is 77.4 cm³/mol. The van der Waals surface area contributed by atoms with Gasteiger partial charge in [0.15, 0.2) is 0 Å².